The van der Waals surface area contributed by atoms with Crippen LogP contribution in [0.5, 0.6) is 5.75 Å². The molecular formula is C8H4FNO4. The molecule has 1 aromatic rings. The van der Waals surface area contributed by atoms with Crippen molar-refractivity contribution in [2.45, 2.75) is 0 Å². The number of nitro groups is 1. The van der Waals surface area contributed by atoms with Gasteiger partial charge >= 0.3 is 5.69 Å². The number of carbonyl (C=O) groups excluding carboxylic acids is 1. The number of ether oxygens (including phenoxy) is 1. The zero-order valence-corrected chi connectivity index (χ0v) is 6.82. The van der Waals surface area contributed by atoms with E-state index in [0.717, 1.165) is 12.1 Å². The highest BCUT2D eigenvalue weighted by atomic mass is 19.1. The number of rotatable bonds is 1. The Balaban J connectivity index is 2.69. The van der Waals surface area contributed by atoms with Crippen molar-refractivity contribution in [3.05, 3.63) is 33.6 Å². The summed E-state index contributed by atoms with van der Waals surface area (Å²) in [5, 5.41) is 10.5. The van der Waals surface area contributed by atoms with Crippen LogP contribution in [0, 0.1) is 15.9 Å². The molecule has 72 valence electrons. The molecule has 1 aliphatic rings. The van der Waals surface area contributed by atoms with Gasteiger partial charge in [0.15, 0.2) is 6.61 Å². The number of fused-ring (bicyclic) bond motifs is 1. The molecule has 2 rings (SSSR count). The minimum absolute atomic E-state index is 0.0586. The maximum absolute atomic E-state index is 12.8. The van der Waals surface area contributed by atoms with Gasteiger partial charge in [0.05, 0.1) is 16.6 Å². The number of carbonyl (C=O) groups is 1. The Labute approximate surface area is 77.2 Å². The van der Waals surface area contributed by atoms with E-state index in [9.17, 15) is 19.3 Å². The van der Waals surface area contributed by atoms with Gasteiger partial charge in [-0.15, -0.1) is 0 Å². The van der Waals surface area contributed by atoms with Gasteiger partial charge in [-0.05, 0) is 6.07 Å². The van der Waals surface area contributed by atoms with Gasteiger partial charge in [-0.2, -0.15) is 0 Å². The van der Waals surface area contributed by atoms with Crippen molar-refractivity contribution in [2.75, 3.05) is 6.61 Å². The van der Waals surface area contributed by atoms with Crippen molar-refractivity contribution in [1.82, 2.24) is 0 Å². The van der Waals surface area contributed by atoms with Crippen LogP contribution in [-0.4, -0.2) is 17.3 Å². The van der Waals surface area contributed by atoms with Crippen molar-refractivity contribution in [2.24, 2.45) is 0 Å². The molecule has 0 saturated heterocycles. The fourth-order valence-corrected chi connectivity index (χ4v) is 1.29. The molecule has 0 N–H and O–H groups in total. The van der Waals surface area contributed by atoms with Crippen molar-refractivity contribution < 1.29 is 18.8 Å². The maximum atomic E-state index is 12.8. The molecule has 0 fully saturated rings. The number of hydrogen-bond donors (Lipinski definition) is 0. The third-order valence-electron chi connectivity index (χ3n) is 1.88. The lowest BCUT2D eigenvalue weighted by Gasteiger charge is -1.98. The molecular weight excluding hydrogens is 193 g/mol. The molecule has 1 aliphatic heterocycles. The average molecular weight is 197 g/mol. The number of ketones is 1. The second-order valence-electron chi connectivity index (χ2n) is 2.77. The Kier molecular flexibility index (Phi) is 1.70. The number of nitro benzene ring substituents is 1. The normalized spacial score (nSPS) is 13.6. The summed E-state index contributed by atoms with van der Waals surface area (Å²) >= 11 is 0. The van der Waals surface area contributed by atoms with Gasteiger partial charge in [0.1, 0.15) is 5.82 Å². The molecule has 1 heterocycles. The van der Waals surface area contributed by atoms with Gasteiger partial charge < -0.3 is 4.74 Å². The van der Waals surface area contributed by atoms with Crippen LogP contribution in [0.15, 0.2) is 12.1 Å². The second-order valence-corrected chi connectivity index (χ2v) is 2.77. The standard InChI is InChI=1S/C8H4FNO4/c9-4-1-5-7(11)3-14-8(5)6(2-4)10(12)13/h1-2H,3H2. The highest BCUT2D eigenvalue weighted by Gasteiger charge is 2.30. The molecule has 0 bridgehead atoms. The minimum Gasteiger partial charge on any atom is -0.478 e. The summed E-state index contributed by atoms with van der Waals surface area (Å²) in [6.07, 6.45) is 0. The Morgan fingerprint density at radius 1 is 1.50 bits per heavy atom. The largest absolute Gasteiger partial charge is 0.478 e. The highest BCUT2D eigenvalue weighted by Crippen LogP contribution is 2.35. The predicted octanol–water partition coefficient (Wildman–Crippen LogP) is 1.31. The lowest BCUT2D eigenvalue weighted by atomic mass is 10.1. The fraction of sp³-hybridized carbons (Fsp3) is 0.125. The Bertz CT molecular complexity index is 443. The number of hydrogen-bond acceptors (Lipinski definition) is 4. The van der Waals surface area contributed by atoms with E-state index in [1.54, 1.807) is 0 Å². The average Bonchev–Trinajstić information content (AvgIpc) is 2.47. The first-order valence-electron chi connectivity index (χ1n) is 3.73. The predicted molar refractivity (Wildman–Crippen MR) is 42.9 cm³/mol. The topological polar surface area (TPSA) is 69.4 Å². The van der Waals surface area contributed by atoms with Crippen molar-refractivity contribution in [3.63, 3.8) is 0 Å². The summed E-state index contributed by atoms with van der Waals surface area (Å²) < 4.78 is 17.6. The SMILES string of the molecule is O=C1COc2c1cc(F)cc2[N+](=O)[O-]. The summed E-state index contributed by atoms with van der Waals surface area (Å²) in [5.41, 5.74) is -0.567. The van der Waals surface area contributed by atoms with Gasteiger partial charge in [-0.3, -0.25) is 14.9 Å². The smallest absolute Gasteiger partial charge is 0.314 e. The Hall–Kier alpha value is -1.98. The number of benzene rings is 1. The number of nitrogens with zero attached hydrogens (tertiary/aromatic N) is 1. The van der Waals surface area contributed by atoms with Gasteiger partial charge in [0, 0.05) is 0 Å². The second kappa shape index (κ2) is 2.76. The molecule has 1 aromatic carbocycles. The summed E-state index contributed by atoms with van der Waals surface area (Å²) in [4.78, 5) is 20.8. The van der Waals surface area contributed by atoms with Gasteiger partial charge in [0.25, 0.3) is 0 Å². The monoisotopic (exact) mass is 197 g/mol. The first-order valence-corrected chi connectivity index (χ1v) is 3.73. The van der Waals surface area contributed by atoms with Crippen LogP contribution in [0.4, 0.5) is 10.1 Å². The van der Waals surface area contributed by atoms with E-state index in [2.05, 4.69) is 0 Å². The van der Waals surface area contributed by atoms with E-state index < -0.39 is 22.2 Å². The van der Waals surface area contributed by atoms with Gasteiger partial charge in [0.2, 0.25) is 11.5 Å². The van der Waals surface area contributed by atoms with Crippen LogP contribution in [0.2, 0.25) is 0 Å². The van der Waals surface area contributed by atoms with Crippen LogP contribution in [0.25, 0.3) is 0 Å². The zero-order chi connectivity index (χ0) is 10.3. The quantitative estimate of drug-likeness (QED) is 0.502. The van der Waals surface area contributed by atoms with Crippen LogP contribution < -0.4 is 4.74 Å². The zero-order valence-electron chi connectivity index (χ0n) is 6.82. The third-order valence-corrected chi connectivity index (χ3v) is 1.88. The first kappa shape index (κ1) is 8.61. The molecule has 0 aliphatic carbocycles. The van der Waals surface area contributed by atoms with Crippen molar-refractivity contribution >= 4 is 11.5 Å². The van der Waals surface area contributed by atoms with Crippen LogP contribution in [0.1, 0.15) is 10.4 Å². The minimum atomic E-state index is -0.811. The molecule has 0 atom stereocenters. The molecule has 0 aromatic heterocycles. The van der Waals surface area contributed by atoms with Crippen LogP contribution in [0.3, 0.4) is 0 Å². The molecule has 5 nitrogen and oxygen atoms in total. The van der Waals surface area contributed by atoms with Crippen LogP contribution >= 0.6 is 0 Å². The lowest BCUT2D eigenvalue weighted by molar-refractivity contribution is -0.385. The highest BCUT2D eigenvalue weighted by molar-refractivity contribution is 6.03. The summed E-state index contributed by atoms with van der Waals surface area (Å²) in [6, 6.07) is 1.68. The van der Waals surface area contributed by atoms with E-state index in [1.807, 2.05) is 0 Å². The van der Waals surface area contributed by atoms with Gasteiger partial charge in [-0.25, -0.2) is 4.39 Å². The Morgan fingerprint density at radius 2 is 2.21 bits per heavy atom. The van der Waals surface area contributed by atoms with E-state index in [-0.39, 0.29) is 17.9 Å². The molecule has 0 amide bonds. The molecule has 14 heavy (non-hydrogen) atoms. The van der Waals surface area contributed by atoms with Crippen molar-refractivity contribution in [1.29, 1.82) is 0 Å². The van der Waals surface area contributed by atoms with Crippen molar-refractivity contribution in [3.8, 4) is 5.75 Å². The molecule has 0 saturated carbocycles. The summed E-state index contributed by atoms with van der Waals surface area (Å²) in [7, 11) is 0. The first-order chi connectivity index (χ1) is 6.59. The van der Waals surface area contributed by atoms with Gasteiger partial charge in [-0.1, -0.05) is 0 Å². The van der Waals surface area contributed by atoms with Crippen LogP contribution in [-0.2, 0) is 0 Å². The summed E-state index contributed by atoms with van der Waals surface area (Å²) in [5.74, 6) is -1.39. The third kappa shape index (κ3) is 1.12. The molecule has 0 unspecified atom stereocenters. The summed E-state index contributed by atoms with van der Waals surface area (Å²) in [6.45, 7) is -0.264. The number of Topliss-reactive ketones (excluding diaryl/α,β-unsaturated/α-hetero) is 1. The number of halogens is 1. The van der Waals surface area contributed by atoms with E-state index in [4.69, 9.17) is 4.74 Å². The van der Waals surface area contributed by atoms with E-state index in [0.29, 0.717) is 0 Å². The molecule has 0 radical (unpaired) electrons. The van der Waals surface area contributed by atoms with E-state index >= 15 is 0 Å². The molecule has 6 heteroatoms. The fourth-order valence-electron chi connectivity index (χ4n) is 1.29. The maximum Gasteiger partial charge on any atom is 0.314 e. The Morgan fingerprint density at radius 3 is 2.86 bits per heavy atom. The molecule has 0 spiro atoms. The van der Waals surface area contributed by atoms with E-state index in [1.165, 1.54) is 0 Å². The lowest BCUT2D eigenvalue weighted by Crippen LogP contribution is -1.98.